The first-order chi connectivity index (χ1) is 3.29. The molecule has 0 aliphatic heterocycles. The molecule has 38 valence electrons. The monoisotopic (exact) mass is 288 g/mol. The largest absolute Gasteiger partial charge is 2.00 e. The van der Waals surface area contributed by atoms with Gasteiger partial charge in [-0.25, -0.2) is 0 Å². The summed E-state index contributed by atoms with van der Waals surface area (Å²) in [6, 6.07) is 0. The van der Waals surface area contributed by atoms with E-state index in [0.29, 0.717) is 8.73 Å². The van der Waals surface area contributed by atoms with E-state index in [1.165, 1.54) is 11.5 Å². The fourth-order valence-corrected chi connectivity index (χ4v) is 1.21. The topological polar surface area (TPSA) is 31.6 Å². The van der Waals surface area contributed by atoms with Crippen LogP contribution >= 0.6 is 36.0 Å². The summed E-state index contributed by atoms with van der Waals surface area (Å²) in [5.41, 5.74) is 0. The van der Waals surface area contributed by atoms with E-state index in [-0.39, 0.29) is 48.9 Å². The predicted molar refractivity (Wildman–Crippen MR) is 40.4 cm³/mol. The summed E-state index contributed by atoms with van der Waals surface area (Å²) < 4.78 is 4.07. The van der Waals surface area contributed by atoms with Gasteiger partial charge in [-0.2, -0.15) is 0 Å². The molecular weight excluding hydrogens is 286 g/mol. The normalized spacial score (nSPS) is 8.00. The minimum atomic E-state index is 0. The number of hydrogen-bond acceptors (Lipinski definition) is 3. The van der Waals surface area contributed by atoms with Gasteiger partial charge in [0, 0.05) is 0 Å². The van der Waals surface area contributed by atoms with Crippen LogP contribution in [0.5, 0.6) is 0 Å². The van der Waals surface area contributed by atoms with E-state index in [9.17, 15) is 0 Å². The van der Waals surface area contributed by atoms with Crippen LogP contribution in [-0.4, -0.2) is 58.2 Å². The van der Waals surface area contributed by atoms with Crippen molar-refractivity contribution in [3.8, 4) is 0 Å². The van der Waals surface area contributed by atoms with E-state index < -0.39 is 0 Å². The second kappa shape index (κ2) is 4.40. The van der Waals surface area contributed by atoms with Crippen molar-refractivity contribution in [2.75, 3.05) is 0 Å². The molecular formula is C2H2BaN2S3+2. The Labute approximate surface area is 101 Å². The molecule has 1 heterocycles. The number of hydrogen-bond donors (Lipinski definition) is 2. The van der Waals surface area contributed by atoms with Gasteiger partial charge in [-0.15, -0.1) is 0 Å². The van der Waals surface area contributed by atoms with E-state index in [0.717, 1.165) is 0 Å². The van der Waals surface area contributed by atoms with Crippen LogP contribution in [0.2, 0.25) is 0 Å². The van der Waals surface area contributed by atoms with E-state index in [1.54, 1.807) is 0 Å². The van der Waals surface area contributed by atoms with E-state index >= 15 is 0 Å². The molecule has 0 unspecified atom stereocenters. The van der Waals surface area contributed by atoms with Gasteiger partial charge >= 0.3 is 48.9 Å². The molecule has 2 nitrogen and oxygen atoms in total. The van der Waals surface area contributed by atoms with Crippen LogP contribution in [-0.2, 0) is 0 Å². The molecule has 6 heteroatoms. The fourth-order valence-electron chi connectivity index (χ4n) is 0.236. The van der Waals surface area contributed by atoms with E-state index in [1.807, 2.05) is 0 Å². The minimum Gasteiger partial charge on any atom is -0.313 e. The van der Waals surface area contributed by atoms with Crippen molar-refractivity contribution >= 4 is 84.8 Å². The summed E-state index contributed by atoms with van der Waals surface area (Å²) in [6.07, 6.45) is 0. The van der Waals surface area contributed by atoms with Crippen LogP contribution < -0.4 is 0 Å². The third-order valence-electron chi connectivity index (χ3n) is 0.452. The van der Waals surface area contributed by atoms with Gasteiger partial charge in [0.2, 0.25) is 0 Å². The van der Waals surface area contributed by atoms with Gasteiger partial charge in [0.25, 0.3) is 0 Å². The van der Waals surface area contributed by atoms with Crippen LogP contribution in [0.25, 0.3) is 0 Å². The molecule has 1 rings (SSSR count). The van der Waals surface area contributed by atoms with Crippen LogP contribution in [0.15, 0.2) is 0 Å². The third kappa shape index (κ3) is 2.93. The number of aromatic amines is 2. The maximum atomic E-state index is 4.70. The quantitative estimate of drug-likeness (QED) is 0.559. The fraction of sp³-hybridized carbons (Fsp3) is 0. The zero-order valence-electron chi connectivity index (χ0n) is 3.93. The SMILES string of the molecule is S=c1[nH]sc(=S)[nH]1.[Ba+2]. The van der Waals surface area contributed by atoms with Gasteiger partial charge in [0.1, 0.15) is 0 Å². The Balaban J connectivity index is 0.000000490. The van der Waals surface area contributed by atoms with Gasteiger partial charge in [0.05, 0.1) is 0 Å². The molecule has 0 aromatic carbocycles. The van der Waals surface area contributed by atoms with Crippen molar-refractivity contribution in [1.82, 2.24) is 9.36 Å². The first-order valence-corrected chi connectivity index (χ1v) is 3.20. The minimum absolute atomic E-state index is 0. The smallest absolute Gasteiger partial charge is 0.313 e. The van der Waals surface area contributed by atoms with Gasteiger partial charge in [-0.05, 0) is 36.0 Å². The second-order valence-corrected chi connectivity index (χ2v) is 2.84. The molecule has 0 spiro atoms. The van der Waals surface area contributed by atoms with E-state index in [4.69, 9.17) is 12.2 Å². The Morgan fingerprint density at radius 3 is 2.12 bits per heavy atom. The molecule has 2 N–H and O–H groups in total. The average Bonchev–Trinajstić information content (AvgIpc) is 1.87. The maximum Gasteiger partial charge on any atom is 2.00 e. The average molecular weight is 288 g/mol. The van der Waals surface area contributed by atoms with Crippen molar-refractivity contribution in [2.45, 2.75) is 0 Å². The van der Waals surface area contributed by atoms with Gasteiger partial charge in [-0.1, -0.05) is 0 Å². The van der Waals surface area contributed by atoms with Gasteiger partial charge in [0.15, 0.2) is 8.73 Å². The van der Waals surface area contributed by atoms with Crippen molar-refractivity contribution < 1.29 is 0 Å². The zero-order valence-corrected chi connectivity index (χ0v) is 10.8. The molecule has 1 aromatic rings. The van der Waals surface area contributed by atoms with Crippen molar-refractivity contribution in [2.24, 2.45) is 0 Å². The number of rotatable bonds is 0. The molecule has 0 aliphatic carbocycles. The number of nitrogens with one attached hydrogen (secondary N) is 2. The molecule has 0 saturated carbocycles. The molecule has 0 fully saturated rings. The van der Waals surface area contributed by atoms with Gasteiger partial charge < -0.3 is 4.98 Å². The summed E-state index contributed by atoms with van der Waals surface area (Å²) >= 11 is 10.7. The van der Waals surface area contributed by atoms with Crippen molar-refractivity contribution in [1.29, 1.82) is 0 Å². The molecule has 0 radical (unpaired) electrons. The molecule has 0 bridgehead atoms. The van der Waals surface area contributed by atoms with E-state index in [2.05, 4.69) is 21.6 Å². The molecule has 8 heavy (non-hydrogen) atoms. The predicted octanol–water partition coefficient (Wildman–Crippen LogP) is 1.48. The van der Waals surface area contributed by atoms with Crippen LogP contribution in [0.3, 0.4) is 0 Å². The summed E-state index contributed by atoms with van der Waals surface area (Å²) in [5, 5.41) is 0. The Bertz CT molecular complexity index is 220. The molecule has 0 amide bonds. The Morgan fingerprint density at radius 2 is 2.00 bits per heavy atom. The second-order valence-electron chi connectivity index (χ2n) is 0.946. The number of H-pyrrole nitrogens is 2. The van der Waals surface area contributed by atoms with Gasteiger partial charge in [-0.3, -0.25) is 4.37 Å². The van der Waals surface area contributed by atoms with Crippen molar-refractivity contribution in [3.63, 3.8) is 0 Å². The molecule has 0 atom stereocenters. The molecule has 0 aliphatic rings. The van der Waals surface area contributed by atoms with Crippen LogP contribution in [0, 0.1) is 8.73 Å². The standard InChI is InChI=1S/C2H2N2S3.Ba/c5-1-3-2(6)7-4-1;/h(H2,3,4,5,6);/q;+2. The summed E-state index contributed by atoms with van der Waals surface area (Å²) in [6.45, 7) is 0. The summed E-state index contributed by atoms with van der Waals surface area (Å²) in [4.78, 5) is 2.73. The Kier molecular flexibility index (Phi) is 5.26. The first kappa shape index (κ1) is 9.57. The number of aromatic nitrogens is 2. The Morgan fingerprint density at radius 1 is 1.38 bits per heavy atom. The van der Waals surface area contributed by atoms with Crippen LogP contribution in [0.1, 0.15) is 0 Å². The zero-order chi connectivity index (χ0) is 5.28. The molecule has 1 aromatic heterocycles. The maximum absolute atomic E-state index is 4.70. The molecule has 0 saturated heterocycles. The first-order valence-electron chi connectivity index (χ1n) is 1.57. The summed E-state index contributed by atoms with van der Waals surface area (Å²) in [5.74, 6) is 0. The van der Waals surface area contributed by atoms with Crippen molar-refractivity contribution in [3.05, 3.63) is 8.73 Å². The van der Waals surface area contributed by atoms with Crippen LogP contribution in [0.4, 0.5) is 0 Å². The Hall–Kier alpha value is 1.57. The third-order valence-corrected chi connectivity index (χ3v) is 1.73. The summed E-state index contributed by atoms with van der Waals surface area (Å²) in [7, 11) is 0.